The lowest BCUT2D eigenvalue weighted by molar-refractivity contribution is 0.438. The normalized spacial score (nSPS) is 14.4. The molecule has 1 aromatic carbocycles. The molecule has 0 saturated heterocycles. The van der Waals surface area contributed by atoms with Crippen molar-refractivity contribution in [3.8, 4) is 0 Å². The van der Waals surface area contributed by atoms with Crippen molar-refractivity contribution in [3.05, 3.63) is 30.1 Å². The number of nitrogens with two attached hydrogens (primary N) is 1. The number of anilines is 1. The van der Waals surface area contributed by atoms with E-state index in [0.717, 1.165) is 13.0 Å². The number of hydrogen-bond donors (Lipinski definition) is 1. The van der Waals surface area contributed by atoms with E-state index in [-0.39, 0.29) is 11.9 Å². The monoisotopic (exact) mass is 238 g/mol. The first-order chi connectivity index (χ1) is 8.10. The van der Waals surface area contributed by atoms with Crippen molar-refractivity contribution < 1.29 is 4.39 Å². The van der Waals surface area contributed by atoms with Crippen molar-refractivity contribution in [2.24, 2.45) is 11.7 Å². The lowest BCUT2D eigenvalue weighted by atomic mass is 9.99. The van der Waals surface area contributed by atoms with Gasteiger partial charge in [0, 0.05) is 19.1 Å². The summed E-state index contributed by atoms with van der Waals surface area (Å²) in [7, 11) is 0. The molecule has 0 aliphatic carbocycles. The van der Waals surface area contributed by atoms with E-state index in [1.165, 1.54) is 6.07 Å². The molecule has 0 heterocycles. The summed E-state index contributed by atoms with van der Waals surface area (Å²) >= 11 is 0. The maximum atomic E-state index is 13.7. The summed E-state index contributed by atoms with van der Waals surface area (Å²) in [5, 5.41) is 0. The van der Waals surface area contributed by atoms with Crippen LogP contribution in [0.2, 0.25) is 0 Å². The van der Waals surface area contributed by atoms with E-state index in [2.05, 4.69) is 13.8 Å². The summed E-state index contributed by atoms with van der Waals surface area (Å²) in [5.41, 5.74) is 6.77. The van der Waals surface area contributed by atoms with Crippen LogP contribution in [0.4, 0.5) is 10.1 Å². The van der Waals surface area contributed by atoms with E-state index in [9.17, 15) is 4.39 Å². The van der Waals surface area contributed by atoms with Gasteiger partial charge in [0.25, 0.3) is 0 Å². The lowest BCUT2D eigenvalue weighted by Gasteiger charge is -2.29. The quantitative estimate of drug-likeness (QED) is 0.825. The minimum absolute atomic E-state index is 0.0829. The molecule has 1 aromatic rings. The first kappa shape index (κ1) is 14.0. The fourth-order valence-electron chi connectivity index (χ4n) is 1.84. The Morgan fingerprint density at radius 3 is 2.47 bits per heavy atom. The van der Waals surface area contributed by atoms with Crippen molar-refractivity contribution in [2.75, 3.05) is 18.0 Å². The van der Waals surface area contributed by atoms with Crippen LogP contribution in [0, 0.1) is 11.7 Å². The zero-order valence-electron chi connectivity index (χ0n) is 11.0. The van der Waals surface area contributed by atoms with Gasteiger partial charge in [-0.2, -0.15) is 0 Å². The van der Waals surface area contributed by atoms with Crippen LogP contribution in [-0.4, -0.2) is 19.1 Å². The van der Waals surface area contributed by atoms with E-state index >= 15 is 0 Å². The average Bonchev–Trinajstić information content (AvgIpc) is 2.35. The zero-order valence-corrected chi connectivity index (χ0v) is 11.0. The Balaban J connectivity index is 2.76. The third kappa shape index (κ3) is 3.70. The molecule has 0 radical (unpaired) electrons. The minimum Gasteiger partial charge on any atom is -0.368 e. The smallest absolute Gasteiger partial charge is 0.146 e. The van der Waals surface area contributed by atoms with Gasteiger partial charge in [0.2, 0.25) is 0 Å². The lowest BCUT2D eigenvalue weighted by Crippen LogP contribution is -2.41. The zero-order chi connectivity index (χ0) is 12.8. The topological polar surface area (TPSA) is 29.3 Å². The van der Waals surface area contributed by atoms with Gasteiger partial charge in [0.05, 0.1) is 5.69 Å². The highest BCUT2D eigenvalue weighted by molar-refractivity contribution is 5.47. The molecule has 0 amide bonds. The van der Waals surface area contributed by atoms with Gasteiger partial charge in [-0.1, -0.05) is 32.4 Å². The Morgan fingerprint density at radius 1 is 1.29 bits per heavy atom. The maximum Gasteiger partial charge on any atom is 0.146 e. The molecule has 17 heavy (non-hydrogen) atoms. The first-order valence-corrected chi connectivity index (χ1v) is 6.35. The number of benzene rings is 1. The molecule has 96 valence electrons. The van der Waals surface area contributed by atoms with Crippen molar-refractivity contribution in [2.45, 2.75) is 33.2 Å². The molecule has 0 fully saturated rings. The summed E-state index contributed by atoms with van der Waals surface area (Å²) in [4.78, 5) is 2.01. The van der Waals surface area contributed by atoms with Gasteiger partial charge >= 0.3 is 0 Å². The fourth-order valence-corrected chi connectivity index (χ4v) is 1.84. The number of likely N-dealkylation sites (N-methyl/N-ethyl adjacent to an activating group) is 1. The van der Waals surface area contributed by atoms with Gasteiger partial charge in [0.15, 0.2) is 0 Å². The van der Waals surface area contributed by atoms with Crippen LogP contribution in [0.5, 0.6) is 0 Å². The number of rotatable bonds is 6. The number of hydrogen-bond acceptors (Lipinski definition) is 2. The van der Waals surface area contributed by atoms with E-state index in [1.807, 2.05) is 24.0 Å². The van der Waals surface area contributed by atoms with Crippen LogP contribution in [0.25, 0.3) is 0 Å². The minimum atomic E-state index is -0.175. The molecule has 0 spiro atoms. The van der Waals surface area contributed by atoms with Gasteiger partial charge < -0.3 is 10.6 Å². The van der Waals surface area contributed by atoms with Gasteiger partial charge in [-0.3, -0.25) is 0 Å². The average molecular weight is 238 g/mol. The van der Waals surface area contributed by atoms with Gasteiger partial charge in [-0.25, -0.2) is 4.39 Å². The summed E-state index contributed by atoms with van der Waals surface area (Å²) in [6.07, 6.45) is 1.05. The summed E-state index contributed by atoms with van der Waals surface area (Å²) in [6, 6.07) is 6.95. The van der Waals surface area contributed by atoms with E-state index < -0.39 is 0 Å². The molecular formula is C14H23FN2. The number of nitrogens with zero attached hydrogens (tertiary/aromatic N) is 1. The molecular weight excluding hydrogens is 215 g/mol. The Kier molecular flexibility index (Phi) is 5.42. The van der Waals surface area contributed by atoms with Crippen LogP contribution >= 0.6 is 0 Å². The molecule has 2 unspecified atom stereocenters. The first-order valence-electron chi connectivity index (χ1n) is 6.35. The van der Waals surface area contributed by atoms with Gasteiger partial charge in [-0.05, 0) is 25.0 Å². The predicted octanol–water partition coefficient (Wildman–Crippen LogP) is 3.03. The van der Waals surface area contributed by atoms with Crippen molar-refractivity contribution in [3.63, 3.8) is 0 Å². The number of halogens is 1. The molecule has 3 heteroatoms. The van der Waals surface area contributed by atoms with Gasteiger partial charge in [0.1, 0.15) is 5.82 Å². The third-order valence-electron chi connectivity index (χ3n) is 3.38. The summed E-state index contributed by atoms with van der Waals surface area (Å²) < 4.78 is 13.7. The van der Waals surface area contributed by atoms with Crippen LogP contribution in [0.3, 0.4) is 0 Å². The highest BCUT2D eigenvalue weighted by atomic mass is 19.1. The Hall–Kier alpha value is -1.09. The SMILES string of the molecule is CCC(C)C(N)CN(CC)c1ccccc1F. The molecule has 2 N–H and O–H groups in total. The second-order valence-corrected chi connectivity index (χ2v) is 4.54. The van der Waals surface area contributed by atoms with Crippen LogP contribution in [0.1, 0.15) is 27.2 Å². The Morgan fingerprint density at radius 2 is 1.94 bits per heavy atom. The highest BCUT2D eigenvalue weighted by Gasteiger charge is 2.16. The third-order valence-corrected chi connectivity index (χ3v) is 3.38. The Bertz CT molecular complexity index is 341. The van der Waals surface area contributed by atoms with Crippen molar-refractivity contribution >= 4 is 5.69 Å². The molecule has 0 aromatic heterocycles. The summed E-state index contributed by atoms with van der Waals surface area (Å²) in [6.45, 7) is 7.76. The van der Waals surface area contributed by atoms with Gasteiger partial charge in [-0.15, -0.1) is 0 Å². The van der Waals surface area contributed by atoms with Crippen molar-refractivity contribution in [1.29, 1.82) is 0 Å². The van der Waals surface area contributed by atoms with E-state index in [0.29, 0.717) is 18.2 Å². The van der Waals surface area contributed by atoms with Crippen molar-refractivity contribution in [1.82, 2.24) is 0 Å². The fraction of sp³-hybridized carbons (Fsp3) is 0.571. The van der Waals surface area contributed by atoms with E-state index in [4.69, 9.17) is 5.73 Å². The van der Waals surface area contributed by atoms with Crippen LogP contribution in [0.15, 0.2) is 24.3 Å². The largest absolute Gasteiger partial charge is 0.368 e. The molecule has 1 rings (SSSR count). The van der Waals surface area contributed by atoms with Crippen LogP contribution in [-0.2, 0) is 0 Å². The second-order valence-electron chi connectivity index (χ2n) is 4.54. The molecule has 0 saturated carbocycles. The molecule has 2 atom stereocenters. The molecule has 2 nitrogen and oxygen atoms in total. The molecule has 0 bridgehead atoms. The maximum absolute atomic E-state index is 13.7. The standard InChI is InChI=1S/C14H23FN2/c1-4-11(3)13(16)10-17(5-2)14-9-7-6-8-12(14)15/h6-9,11,13H,4-5,10,16H2,1-3H3. The second kappa shape index (κ2) is 6.60. The van der Waals surface area contributed by atoms with E-state index in [1.54, 1.807) is 6.07 Å². The molecule has 0 aliphatic heterocycles. The molecule has 0 aliphatic rings. The predicted molar refractivity (Wildman–Crippen MR) is 71.7 cm³/mol. The highest BCUT2D eigenvalue weighted by Crippen LogP contribution is 2.19. The Labute approximate surface area is 104 Å². The number of para-hydroxylation sites is 1. The van der Waals surface area contributed by atoms with Crippen LogP contribution < -0.4 is 10.6 Å². The summed E-state index contributed by atoms with van der Waals surface area (Å²) in [5.74, 6) is 0.279.